The molecule has 0 radical (unpaired) electrons. The third-order valence-corrected chi connectivity index (χ3v) is 6.78. The molecule has 1 fully saturated rings. The van der Waals surface area contributed by atoms with E-state index in [1.807, 2.05) is 0 Å². The van der Waals surface area contributed by atoms with Gasteiger partial charge < -0.3 is 10.1 Å². The van der Waals surface area contributed by atoms with E-state index in [1.165, 1.54) is 27.6 Å². The second-order valence-electron chi connectivity index (χ2n) is 7.25. The number of imidazole rings is 1. The molecule has 4 rings (SSSR count). The standard InChI is InChI=1S/C19H20F3N7O3S/c20-19(21,22)12-32-18-26-16(25-17(27-18)28-11-8-23-13-28)24-14-6-9-29(10-7-14)33(30,31)15-4-2-1-3-5-15/h1-5,8,11,13-14H,6-7,9-10,12H2,(H,24,25,26,27). The van der Waals surface area contributed by atoms with E-state index >= 15 is 0 Å². The van der Waals surface area contributed by atoms with Gasteiger partial charge in [-0.1, -0.05) is 18.2 Å². The summed E-state index contributed by atoms with van der Waals surface area (Å²) in [6, 6.07) is 7.48. The lowest BCUT2D eigenvalue weighted by Crippen LogP contribution is -2.42. The molecule has 0 spiro atoms. The highest BCUT2D eigenvalue weighted by molar-refractivity contribution is 7.89. The predicted molar refractivity (Wildman–Crippen MR) is 110 cm³/mol. The number of anilines is 1. The zero-order chi connectivity index (χ0) is 23.5. The molecule has 1 aromatic carbocycles. The number of piperidine rings is 1. The fraction of sp³-hybridized carbons (Fsp3) is 0.368. The normalized spacial score (nSPS) is 16.0. The van der Waals surface area contributed by atoms with Gasteiger partial charge in [-0.15, -0.1) is 0 Å². The van der Waals surface area contributed by atoms with Gasteiger partial charge in [0, 0.05) is 31.5 Å². The Hall–Kier alpha value is -3.26. The molecule has 1 N–H and O–H groups in total. The summed E-state index contributed by atoms with van der Waals surface area (Å²) in [5.74, 6) is 0.0570. The van der Waals surface area contributed by atoms with Crippen molar-refractivity contribution in [2.24, 2.45) is 0 Å². The maximum absolute atomic E-state index is 12.8. The Morgan fingerprint density at radius 2 is 1.82 bits per heavy atom. The first kappa shape index (κ1) is 22.9. The molecule has 3 heterocycles. The number of nitrogens with zero attached hydrogens (tertiary/aromatic N) is 6. The van der Waals surface area contributed by atoms with Gasteiger partial charge >= 0.3 is 12.2 Å². The molecule has 0 amide bonds. The number of hydrogen-bond donors (Lipinski definition) is 1. The van der Waals surface area contributed by atoms with E-state index in [9.17, 15) is 21.6 Å². The van der Waals surface area contributed by atoms with Gasteiger partial charge in [-0.25, -0.2) is 13.4 Å². The Bertz CT molecular complexity index is 1170. The van der Waals surface area contributed by atoms with Crippen molar-refractivity contribution in [1.29, 1.82) is 0 Å². The lowest BCUT2D eigenvalue weighted by Gasteiger charge is -2.31. The molecule has 0 aliphatic carbocycles. The Morgan fingerprint density at radius 1 is 1.09 bits per heavy atom. The van der Waals surface area contributed by atoms with E-state index in [1.54, 1.807) is 30.3 Å². The minimum Gasteiger partial charge on any atom is -0.454 e. The first-order valence-electron chi connectivity index (χ1n) is 9.96. The summed E-state index contributed by atoms with van der Waals surface area (Å²) in [4.78, 5) is 16.2. The number of sulfonamides is 1. The van der Waals surface area contributed by atoms with Crippen molar-refractivity contribution in [3.63, 3.8) is 0 Å². The van der Waals surface area contributed by atoms with Gasteiger partial charge in [0.25, 0.3) is 0 Å². The average Bonchev–Trinajstić information content (AvgIpc) is 3.33. The summed E-state index contributed by atoms with van der Waals surface area (Å²) in [6.07, 6.45) is 0.745. The topological polar surface area (TPSA) is 115 Å². The quantitative estimate of drug-likeness (QED) is 0.544. The van der Waals surface area contributed by atoms with Crippen LogP contribution in [0.3, 0.4) is 0 Å². The molecule has 0 unspecified atom stereocenters. The van der Waals surface area contributed by atoms with Crippen molar-refractivity contribution in [2.75, 3.05) is 25.0 Å². The third kappa shape index (κ3) is 5.76. The molecule has 1 aliphatic rings. The number of alkyl halides is 3. The van der Waals surface area contributed by atoms with Gasteiger partial charge in [0.1, 0.15) is 6.33 Å². The molecule has 0 atom stereocenters. The van der Waals surface area contributed by atoms with Gasteiger partial charge in [-0.05, 0) is 25.0 Å². The second-order valence-corrected chi connectivity index (χ2v) is 9.19. The lowest BCUT2D eigenvalue weighted by molar-refractivity contribution is -0.154. The van der Waals surface area contributed by atoms with Gasteiger partial charge in [-0.2, -0.15) is 32.4 Å². The summed E-state index contributed by atoms with van der Waals surface area (Å²) in [6.45, 7) is -1.01. The number of nitrogens with one attached hydrogen (secondary N) is 1. The van der Waals surface area contributed by atoms with Crippen LogP contribution in [-0.2, 0) is 10.0 Å². The van der Waals surface area contributed by atoms with E-state index in [4.69, 9.17) is 4.74 Å². The van der Waals surface area contributed by atoms with Crippen LogP contribution in [-0.4, -0.2) is 69.1 Å². The van der Waals surface area contributed by atoms with Crippen LogP contribution in [0.2, 0.25) is 0 Å². The zero-order valence-electron chi connectivity index (χ0n) is 17.2. The molecule has 1 aliphatic heterocycles. The fourth-order valence-corrected chi connectivity index (χ4v) is 4.77. The van der Waals surface area contributed by atoms with Crippen LogP contribution >= 0.6 is 0 Å². The highest BCUT2D eigenvalue weighted by atomic mass is 32.2. The van der Waals surface area contributed by atoms with E-state index in [0.717, 1.165) is 0 Å². The van der Waals surface area contributed by atoms with Gasteiger partial charge in [0.15, 0.2) is 6.61 Å². The van der Waals surface area contributed by atoms with Crippen molar-refractivity contribution in [2.45, 2.75) is 30.0 Å². The van der Waals surface area contributed by atoms with E-state index in [0.29, 0.717) is 12.8 Å². The van der Waals surface area contributed by atoms with Crippen molar-refractivity contribution in [3.05, 3.63) is 49.1 Å². The molecule has 2 aromatic heterocycles. The molecular weight excluding hydrogens is 463 g/mol. The number of ether oxygens (including phenoxy) is 1. The van der Waals surface area contributed by atoms with Crippen LogP contribution in [0, 0.1) is 0 Å². The van der Waals surface area contributed by atoms with Crippen molar-refractivity contribution < 1.29 is 26.3 Å². The molecule has 14 heteroatoms. The highest BCUT2D eigenvalue weighted by Gasteiger charge is 2.31. The van der Waals surface area contributed by atoms with Crippen molar-refractivity contribution in [3.8, 4) is 12.0 Å². The van der Waals surface area contributed by atoms with Crippen molar-refractivity contribution >= 4 is 16.0 Å². The van der Waals surface area contributed by atoms with Crippen LogP contribution in [0.4, 0.5) is 19.1 Å². The summed E-state index contributed by atoms with van der Waals surface area (Å²) >= 11 is 0. The minimum atomic E-state index is -4.55. The van der Waals surface area contributed by atoms with E-state index < -0.39 is 28.8 Å². The van der Waals surface area contributed by atoms with Gasteiger partial charge in [0.05, 0.1) is 4.90 Å². The van der Waals surface area contributed by atoms with Gasteiger partial charge in [-0.3, -0.25) is 4.57 Å². The summed E-state index contributed by atoms with van der Waals surface area (Å²) in [7, 11) is -3.60. The highest BCUT2D eigenvalue weighted by Crippen LogP contribution is 2.23. The van der Waals surface area contributed by atoms with Crippen LogP contribution in [0.25, 0.3) is 5.95 Å². The minimum absolute atomic E-state index is 0.0234. The predicted octanol–water partition coefficient (Wildman–Crippen LogP) is 2.26. The number of benzene rings is 1. The molecule has 0 bridgehead atoms. The second kappa shape index (κ2) is 9.31. The fourth-order valence-electron chi connectivity index (χ4n) is 3.28. The Morgan fingerprint density at radius 3 is 2.45 bits per heavy atom. The molecule has 1 saturated heterocycles. The maximum atomic E-state index is 12.8. The lowest BCUT2D eigenvalue weighted by atomic mass is 10.1. The molecular formula is C19H20F3N7O3S. The summed E-state index contributed by atoms with van der Waals surface area (Å²) < 4.78 is 70.8. The van der Waals surface area contributed by atoms with E-state index in [-0.39, 0.29) is 35.9 Å². The van der Waals surface area contributed by atoms with Crippen molar-refractivity contribution in [1.82, 2.24) is 28.8 Å². The number of hydrogen-bond acceptors (Lipinski definition) is 8. The third-order valence-electron chi connectivity index (χ3n) is 4.87. The zero-order valence-corrected chi connectivity index (χ0v) is 18.0. The monoisotopic (exact) mass is 483 g/mol. The first-order valence-corrected chi connectivity index (χ1v) is 11.4. The number of aromatic nitrogens is 5. The maximum Gasteiger partial charge on any atom is 0.422 e. The first-order chi connectivity index (χ1) is 15.7. The molecule has 176 valence electrons. The smallest absolute Gasteiger partial charge is 0.422 e. The van der Waals surface area contributed by atoms with Crippen LogP contribution in [0.15, 0.2) is 53.9 Å². The molecule has 0 saturated carbocycles. The number of rotatable bonds is 7. The van der Waals surface area contributed by atoms with Crippen LogP contribution in [0.1, 0.15) is 12.8 Å². The van der Waals surface area contributed by atoms with Crippen LogP contribution < -0.4 is 10.1 Å². The Balaban J connectivity index is 1.46. The summed E-state index contributed by atoms with van der Waals surface area (Å²) in [5, 5.41) is 3.05. The molecule has 3 aromatic rings. The Labute approximate surface area is 187 Å². The SMILES string of the molecule is O=S(=O)(c1ccccc1)N1CCC(Nc2nc(OCC(F)(F)F)nc(-n3ccnc3)n2)CC1. The number of halogens is 3. The Kier molecular flexibility index (Phi) is 6.47. The average molecular weight is 483 g/mol. The van der Waals surface area contributed by atoms with E-state index in [2.05, 4.69) is 25.3 Å². The summed E-state index contributed by atoms with van der Waals surface area (Å²) in [5.41, 5.74) is 0. The largest absolute Gasteiger partial charge is 0.454 e. The van der Waals surface area contributed by atoms with Gasteiger partial charge in [0.2, 0.25) is 21.9 Å². The van der Waals surface area contributed by atoms with Crippen LogP contribution in [0.5, 0.6) is 6.01 Å². The molecule has 33 heavy (non-hydrogen) atoms. The molecule has 10 nitrogen and oxygen atoms in total.